The molecule has 0 radical (unpaired) electrons. The summed E-state index contributed by atoms with van der Waals surface area (Å²) in [5.41, 5.74) is 0.642. The zero-order chi connectivity index (χ0) is 18.1. The highest BCUT2D eigenvalue weighted by Crippen LogP contribution is 2.37. The van der Waals surface area contributed by atoms with E-state index in [1.54, 1.807) is 23.0 Å². The van der Waals surface area contributed by atoms with Gasteiger partial charge in [-0.3, -0.25) is 14.2 Å². The maximum absolute atomic E-state index is 12.9. The van der Waals surface area contributed by atoms with E-state index in [0.717, 1.165) is 12.8 Å². The minimum Gasteiger partial charge on any atom is -0.467 e. The fraction of sp³-hybridized carbons (Fsp3) is 0.316. The minimum absolute atomic E-state index is 0.0243. The molecule has 0 spiro atoms. The first-order valence-electron chi connectivity index (χ1n) is 8.61. The quantitative estimate of drug-likeness (QED) is 0.534. The molecule has 1 fully saturated rings. The Balaban J connectivity index is 1.56. The summed E-state index contributed by atoms with van der Waals surface area (Å²) in [5, 5.41) is 3.71. The number of hydrogen-bond donors (Lipinski definition) is 1. The summed E-state index contributed by atoms with van der Waals surface area (Å²) in [6, 6.07) is 11.1. The van der Waals surface area contributed by atoms with Crippen LogP contribution < -0.4 is 10.9 Å². The van der Waals surface area contributed by atoms with Crippen molar-refractivity contribution in [2.45, 2.75) is 42.8 Å². The van der Waals surface area contributed by atoms with Gasteiger partial charge in [-0.05, 0) is 44.0 Å². The molecule has 1 saturated carbocycles. The number of nitrogens with zero attached hydrogens (tertiary/aromatic N) is 2. The molecule has 26 heavy (non-hydrogen) atoms. The molecule has 0 unspecified atom stereocenters. The molecule has 1 aliphatic carbocycles. The van der Waals surface area contributed by atoms with Crippen LogP contribution >= 0.6 is 11.8 Å². The largest absolute Gasteiger partial charge is 0.467 e. The van der Waals surface area contributed by atoms with Crippen LogP contribution in [0.4, 0.5) is 0 Å². The van der Waals surface area contributed by atoms with E-state index in [9.17, 15) is 9.59 Å². The van der Waals surface area contributed by atoms with E-state index in [1.165, 1.54) is 11.8 Å². The molecule has 0 aliphatic heterocycles. The Morgan fingerprint density at radius 2 is 2.15 bits per heavy atom. The van der Waals surface area contributed by atoms with Crippen LogP contribution in [0.5, 0.6) is 0 Å². The maximum atomic E-state index is 12.9. The smallest absolute Gasteiger partial charge is 0.262 e. The van der Waals surface area contributed by atoms with Crippen molar-refractivity contribution < 1.29 is 9.21 Å². The lowest BCUT2D eigenvalue weighted by molar-refractivity contribution is -0.120. The van der Waals surface area contributed by atoms with Gasteiger partial charge < -0.3 is 9.73 Å². The molecule has 2 aromatic heterocycles. The molecule has 2 heterocycles. The number of amides is 1. The fourth-order valence-corrected chi connectivity index (χ4v) is 3.81. The summed E-state index contributed by atoms with van der Waals surface area (Å²) in [5.74, 6) is 0.588. The van der Waals surface area contributed by atoms with Crippen LogP contribution in [0.3, 0.4) is 0 Å². The Kier molecular flexibility index (Phi) is 4.55. The summed E-state index contributed by atoms with van der Waals surface area (Å²) in [7, 11) is 0. The summed E-state index contributed by atoms with van der Waals surface area (Å²) < 4.78 is 6.98. The molecule has 3 aromatic rings. The predicted molar refractivity (Wildman–Crippen MR) is 100 cm³/mol. The van der Waals surface area contributed by atoms with E-state index in [2.05, 4.69) is 10.3 Å². The van der Waals surface area contributed by atoms with Gasteiger partial charge in [-0.15, -0.1) is 0 Å². The average Bonchev–Trinajstić information content (AvgIpc) is 3.33. The van der Waals surface area contributed by atoms with Crippen LogP contribution in [0, 0.1) is 0 Å². The van der Waals surface area contributed by atoms with Gasteiger partial charge >= 0.3 is 0 Å². The van der Waals surface area contributed by atoms with Crippen molar-refractivity contribution in [3.8, 4) is 0 Å². The van der Waals surface area contributed by atoms with E-state index in [-0.39, 0.29) is 22.8 Å². The highest BCUT2D eigenvalue weighted by atomic mass is 32.2. The highest BCUT2D eigenvalue weighted by Gasteiger charge is 2.30. The van der Waals surface area contributed by atoms with Gasteiger partial charge in [0.15, 0.2) is 5.16 Å². The topological polar surface area (TPSA) is 77.1 Å². The second-order valence-corrected chi connectivity index (χ2v) is 7.68. The number of rotatable bonds is 6. The molecule has 4 rings (SSSR count). The highest BCUT2D eigenvalue weighted by molar-refractivity contribution is 8.00. The standard InChI is InChI=1S/C19H19N3O3S/c1-12(17(23)20-11-14-5-4-10-25-14)26-19-21-16-7-3-2-6-15(16)18(24)22(19)13-8-9-13/h2-7,10,12-13H,8-9,11H2,1H3,(H,20,23)/t12-/m1/s1. The maximum Gasteiger partial charge on any atom is 0.262 e. The monoisotopic (exact) mass is 369 g/mol. The third-order valence-corrected chi connectivity index (χ3v) is 5.42. The van der Waals surface area contributed by atoms with E-state index in [4.69, 9.17) is 4.42 Å². The number of carbonyl (C=O) groups excluding carboxylic acids is 1. The van der Waals surface area contributed by atoms with E-state index in [0.29, 0.717) is 28.4 Å². The fourth-order valence-electron chi connectivity index (χ4n) is 2.81. The third-order valence-electron chi connectivity index (χ3n) is 4.36. The van der Waals surface area contributed by atoms with E-state index < -0.39 is 0 Å². The van der Waals surface area contributed by atoms with Gasteiger partial charge in [-0.25, -0.2) is 4.98 Å². The van der Waals surface area contributed by atoms with Gasteiger partial charge in [0.25, 0.3) is 5.56 Å². The van der Waals surface area contributed by atoms with Crippen LogP contribution in [0.2, 0.25) is 0 Å². The van der Waals surface area contributed by atoms with Crippen molar-refractivity contribution in [2.24, 2.45) is 0 Å². The lowest BCUT2D eigenvalue weighted by Crippen LogP contribution is -2.31. The van der Waals surface area contributed by atoms with Crippen LogP contribution in [-0.4, -0.2) is 20.7 Å². The molecule has 6 nitrogen and oxygen atoms in total. The van der Waals surface area contributed by atoms with Crippen molar-refractivity contribution in [2.75, 3.05) is 0 Å². The summed E-state index contributed by atoms with van der Waals surface area (Å²) in [6.07, 6.45) is 3.53. The lowest BCUT2D eigenvalue weighted by atomic mass is 10.2. The number of hydrogen-bond acceptors (Lipinski definition) is 5. The van der Waals surface area contributed by atoms with Crippen molar-refractivity contribution in [3.63, 3.8) is 0 Å². The molecule has 1 atom stereocenters. The molecule has 7 heteroatoms. The third kappa shape index (κ3) is 3.39. The SMILES string of the molecule is C[C@@H](Sc1nc2ccccc2c(=O)n1C1CC1)C(=O)NCc1ccco1. The van der Waals surface area contributed by atoms with Crippen molar-refractivity contribution >= 4 is 28.6 Å². The Bertz CT molecular complexity index is 993. The molecule has 1 aromatic carbocycles. The molecule has 1 aliphatic rings. The Morgan fingerprint density at radius 3 is 2.88 bits per heavy atom. The minimum atomic E-state index is -0.372. The average molecular weight is 369 g/mol. The number of furan rings is 1. The second-order valence-electron chi connectivity index (χ2n) is 6.38. The zero-order valence-electron chi connectivity index (χ0n) is 14.3. The van der Waals surface area contributed by atoms with Crippen molar-refractivity contribution in [1.29, 1.82) is 0 Å². The van der Waals surface area contributed by atoms with Crippen molar-refractivity contribution in [3.05, 3.63) is 58.8 Å². The van der Waals surface area contributed by atoms with Gasteiger partial charge in [-0.2, -0.15) is 0 Å². The summed E-state index contributed by atoms with van der Waals surface area (Å²) >= 11 is 1.32. The van der Waals surface area contributed by atoms with E-state index in [1.807, 2.05) is 31.2 Å². The number of fused-ring (bicyclic) bond motifs is 1. The first-order chi connectivity index (χ1) is 12.6. The number of nitrogens with one attached hydrogen (secondary N) is 1. The van der Waals surface area contributed by atoms with Gasteiger partial charge in [0, 0.05) is 6.04 Å². The van der Waals surface area contributed by atoms with Crippen molar-refractivity contribution in [1.82, 2.24) is 14.9 Å². The van der Waals surface area contributed by atoms with Gasteiger partial charge in [0.1, 0.15) is 5.76 Å². The Hall–Kier alpha value is -2.54. The molecule has 1 amide bonds. The number of aromatic nitrogens is 2. The van der Waals surface area contributed by atoms with Crippen LogP contribution in [0.25, 0.3) is 10.9 Å². The molecule has 134 valence electrons. The number of benzene rings is 1. The number of para-hydroxylation sites is 1. The molecule has 0 saturated heterocycles. The predicted octanol–water partition coefficient (Wildman–Crippen LogP) is 3.12. The normalized spacial score (nSPS) is 15.1. The second kappa shape index (κ2) is 6.99. The summed E-state index contributed by atoms with van der Waals surface area (Å²) in [6.45, 7) is 2.16. The van der Waals surface area contributed by atoms with Gasteiger partial charge in [0.05, 0.1) is 29.0 Å². The summed E-state index contributed by atoms with van der Waals surface area (Å²) in [4.78, 5) is 29.9. The lowest BCUT2D eigenvalue weighted by Gasteiger charge is -2.15. The van der Waals surface area contributed by atoms with E-state index >= 15 is 0 Å². The van der Waals surface area contributed by atoms with Gasteiger partial charge in [0.2, 0.25) is 5.91 Å². The van der Waals surface area contributed by atoms with Gasteiger partial charge in [-0.1, -0.05) is 23.9 Å². The van der Waals surface area contributed by atoms with Crippen LogP contribution in [0.1, 0.15) is 31.6 Å². The number of thioether (sulfide) groups is 1. The molecule has 0 bridgehead atoms. The Labute approximate surface area is 154 Å². The molecular formula is C19H19N3O3S. The first-order valence-corrected chi connectivity index (χ1v) is 9.49. The number of carbonyl (C=O) groups is 1. The van der Waals surface area contributed by atoms with Crippen LogP contribution in [-0.2, 0) is 11.3 Å². The zero-order valence-corrected chi connectivity index (χ0v) is 15.2. The Morgan fingerprint density at radius 1 is 1.35 bits per heavy atom. The molecular weight excluding hydrogens is 350 g/mol. The molecule has 1 N–H and O–H groups in total. The van der Waals surface area contributed by atoms with Crippen LogP contribution in [0.15, 0.2) is 57.0 Å². The first kappa shape index (κ1) is 16.9.